The Morgan fingerprint density at radius 1 is 0.806 bits per heavy atom. The van der Waals surface area contributed by atoms with E-state index in [0.29, 0.717) is 11.5 Å². The molecule has 1 aliphatic rings. The first-order valence-corrected chi connectivity index (χ1v) is 11.2. The molecule has 5 nitrogen and oxygen atoms in total. The van der Waals surface area contributed by atoms with Crippen molar-refractivity contribution in [1.82, 2.24) is 14.5 Å². The molecule has 0 bridgehead atoms. The van der Waals surface area contributed by atoms with Crippen LogP contribution >= 0.6 is 0 Å². The molecular formula is C30H27N4OPt-3. The van der Waals surface area contributed by atoms with Gasteiger partial charge in [-0.05, 0) is 50.2 Å². The van der Waals surface area contributed by atoms with E-state index in [9.17, 15) is 0 Å². The van der Waals surface area contributed by atoms with E-state index < -0.39 is 0 Å². The van der Waals surface area contributed by atoms with Crippen LogP contribution in [-0.2, 0) is 21.1 Å². The van der Waals surface area contributed by atoms with E-state index in [4.69, 9.17) is 4.74 Å². The Hall–Kier alpha value is -3.56. The smallest absolute Gasteiger partial charge is 0.135 e. The zero-order valence-corrected chi connectivity index (χ0v) is 21.9. The summed E-state index contributed by atoms with van der Waals surface area (Å²) >= 11 is 0. The van der Waals surface area contributed by atoms with Gasteiger partial charge in [0.1, 0.15) is 5.82 Å². The van der Waals surface area contributed by atoms with E-state index >= 15 is 0 Å². The number of hydrogen-bond donors (Lipinski definition) is 0. The fourth-order valence-corrected chi connectivity index (χ4v) is 4.43. The first-order valence-electron chi connectivity index (χ1n) is 11.2. The molecule has 0 fully saturated rings. The predicted molar refractivity (Wildman–Crippen MR) is 142 cm³/mol. The fourth-order valence-electron chi connectivity index (χ4n) is 4.43. The van der Waals surface area contributed by atoms with Crippen molar-refractivity contribution in [2.75, 3.05) is 11.9 Å². The average Bonchev–Trinajstić information content (AvgIpc) is 3.33. The Morgan fingerprint density at radius 3 is 2.33 bits per heavy atom. The maximum Gasteiger partial charge on any atom is 0.135 e. The van der Waals surface area contributed by atoms with Gasteiger partial charge in [0.2, 0.25) is 0 Å². The molecule has 0 saturated carbocycles. The Labute approximate surface area is 226 Å². The number of allylic oxidation sites excluding steroid dienone is 2. The number of pyridine rings is 1. The van der Waals surface area contributed by atoms with Crippen LogP contribution in [0, 0.1) is 18.8 Å². The van der Waals surface area contributed by atoms with Gasteiger partial charge in [-0.2, -0.15) is 18.8 Å². The van der Waals surface area contributed by atoms with Gasteiger partial charge in [-0.15, -0.1) is 41.4 Å². The summed E-state index contributed by atoms with van der Waals surface area (Å²) in [5.74, 6) is 2.12. The zero-order chi connectivity index (χ0) is 23.2. The van der Waals surface area contributed by atoms with Crippen LogP contribution in [0.25, 0.3) is 27.6 Å². The normalized spacial score (nSPS) is 13.2. The molecular weight excluding hydrogens is 627 g/mol. The van der Waals surface area contributed by atoms with Gasteiger partial charge in [0.15, 0.2) is 0 Å². The molecule has 0 amide bonds. The van der Waals surface area contributed by atoms with Crippen LogP contribution < -0.4 is 9.64 Å². The number of aromatic nitrogens is 2. The quantitative estimate of drug-likeness (QED) is 0.190. The van der Waals surface area contributed by atoms with Crippen LogP contribution in [0.1, 0.15) is 21.3 Å². The zero-order valence-electron chi connectivity index (χ0n) is 19.6. The van der Waals surface area contributed by atoms with Crippen molar-refractivity contribution in [3.63, 3.8) is 0 Å². The molecule has 6 rings (SSSR count). The molecule has 2 aromatic heterocycles. The maximum atomic E-state index is 6.25. The van der Waals surface area contributed by atoms with Crippen LogP contribution in [0.3, 0.4) is 0 Å². The molecule has 5 aromatic rings. The standard InChI is InChI=1S/C29H23N4O.CH4.Pt/c1-20-21(2)32(19-31(20)3)22-9-8-10-23(17-22)34-24-14-15-26-25-11-4-5-12-27(25)33(28(26)18-24)29-13-6-7-16-30-29;;/h4-16,19H,1-3H3;1H4;/q-3;;. The van der Waals surface area contributed by atoms with Gasteiger partial charge in [0.05, 0.1) is 0 Å². The van der Waals surface area contributed by atoms with Gasteiger partial charge >= 0.3 is 0 Å². The van der Waals surface area contributed by atoms with Crippen molar-refractivity contribution in [2.45, 2.75) is 21.3 Å². The first-order chi connectivity index (χ1) is 16.6. The van der Waals surface area contributed by atoms with Crippen LogP contribution in [0.5, 0.6) is 11.5 Å². The summed E-state index contributed by atoms with van der Waals surface area (Å²) in [6.45, 7) is 6.27. The Morgan fingerprint density at radius 2 is 1.58 bits per heavy atom. The Bertz CT molecular complexity index is 1560. The van der Waals surface area contributed by atoms with E-state index in [1.807, 2.05) is 61.8 Å². The summed E-state index contributed by atoms with van der Waals surface area (Å²) in [6, 6.07) is 31.1. The predicted octanol–water partition coefficient (Wildman–Crippen LogP) is 7.33. The minimum atomic E-state index is 0. The van der Waals surface area contributed by atoms with Gasteiger partial charge in [-0.25, -0.2) is 4.98 Å². The summed E-state index contributed by atoms with van der Waals surface area (Å²) in [4.78, 5) is 8.81. The molecule has 0 unspecified atom stereocenters. The number of rotatable bonds is 4. The molecule has 0 N–H and O–H groups in total. The van der Waals surface area contributed by atoms with Crippen LogP contribution in [0.2, 0.25) is 0 Å². The monoisotopic (exact) mass is 654 g/mol. The van der Waals surface area contributed by atoms with Gasteiger partial charge in [-0.3, -0.25) is 0 Å². The van der Waals surface area contributed by atoms with E-state index in [0.717, 1.165) is 33.3 Å². The molecule has 0 atom stereocenters. The molecule has 0 spiro atoms. The first kappa shape index (κ1) is 25.5. The van der Waals surface area contributed by atoms with Gasteiger partial charge in [0.25, 0.3) is 0 Å². The molecule has 0 saturated heterocycles. The summed E-state index contributed by atoms with van der Waals surface area (Å²) in [5.41, 5.74) is 5.33. The van der Waals surface area contributed by atoms with E-state index in [2.05, 4.69) is 76.3 Å². The second-order valence-corrected chi connectivity index (χ2v) is 8.39. The number of hydrogen-bond acceptors (Lipinski definition) is 4. The third-order valence-corrected chi connectivity index (χ3v) is 6.37. The third kappa shape index (κ3) is 4.29. The molecule has 0 aliphatic carbocycles. The minimum absolute atomic E-state index is 0. The van der Waals surface area contributed by atoms with Gasteiger partial charge in [0, 0.05) is 50.0 Å². The van der Waals surface area contributed by atoms with Gasteiger partial charge < -0.3 is 19.1 Å². The summed E-state index contributed by atoms with van der Waals surface area (Å²) in [5, 5.41) is 2.27. The van der Waals surface area contributed by atoms with Crippen molar-refractivity contribution in [2.24, 2.45) is 0 Å². The third-order valence-electron chi connectivity index (χ3n) is 6.37. The van der Waals surface area contributed by atoms with Crippen molar-refractivity contribution >= 4 is 27.5 Å². The Balaban J connectivity index is 0.00000152. The Kier molecular flexibility index (Phi) is 7.23. The van der Waals surface area contributed by atoms with Crippen molar-refractivity contribution in [3.05, 3.63) is 109 Å². The van der Waals surface area contributed by atoms with E-state index in [1.54, 1.807) is 0 Å². The topological polar surface area (TPSA) is 33.5 Å². The van der Waals surface area contributed by atoms with Crippen molar-refractivity contribution in [3.8, 4) is 17.3 Å². The summed E-state index contributed by atoms with van der Waals surface area (Å²) in [7, 11) is 2.05. The summed E-state index contributed by atoms with van der Waals surface area (Å²) in [6.07, 6.45) is 1.81. The maximum absolute atomic E-state index is 6.25. The average molecular weight is 655 g/mol. The number of ether oxygens (including phenoxy) is 1. The number of nitrogens with zero attached hydrogens (tertiary/aromatic N) is 4. The number of anilines is 1. The number of benzene rings is 3. The number of para-hydroxylation sites is 1. The van der Waals surface area contributed by atoms with E-state index in [-0.39, 0.29) is 28.5 Å². The number of fused-ring (bicyclic) bond motifs is 3. The fraction of sp³-hybridized carbons (Fsp3) is 0.133. The molecule has 3 heterocycles. The van der Waals surface area contributed by atoms with Gasteiger partial charge in [-0.1, -0.05) is 37.2 Å². The minimum Gasteiger partial charge on any atom is -0.509 e. The van der Waals surface area contributed by atoms with Crippen molar-refractivity contribution in [1.29, 1.82) is 0 Å². The summed E-state index contributed by atoms with van der Waals surface area (Å²) < 4.78 is 8.38. The second-order valence-electron chi connectivity index (χ2n) is 8.39. The van der Waals surface area contributed by atoms with Crippen LogP contribution in [-0.4, -0.2) is 21.5 Å². The molecule has 3 aromatic carbocycles. The van der Waals surface area contributed by atoms with Crippen LogP contribution in [0.15, 0.2) is 90.4 Å². The second kappa shape index (κ2) is 10.2. The SMILES string of the molecule is C.CC1=C(C)N(c2[c-]c(Oc3[c-]c4c(cc3)c3ccccc3n4-c3ccccn3)ccc2)[CH-]N1C.[Pt]. The van der Waals surface area contributed by atoms with Crippen molar-refractivity contribution < 1.29 is 25.8 Å². The molecule has 186 valence electrons. The molecule has 0 radical (unpaired) electrons. The molecule has 1 aliphatic heterocycles. The largest absolute Gasteiger partial charge is 0.509 e. The van der Waals surface area contributed by atoms with E-state index in [1.165, 1.54) is 11.4 Å². The molecule has 36 heavy (non-hydrogen) atoms. The molecule has 6 heteroatoms. The van der Waals surface area contributed by atoms with Crippen LogP contribution in [0.4, 0.5) is 5.69 Å².